The maximum absolute atomic E-state index is 10.1. The number of rotatable bonds is 9. The topological polar surface area (TPSA) is 32.7 Å². The highest BCUT2D eigenvalue weighted by Crippen LogP contribution is 2.36. The lowest BCUT2D eigenvalue weighted by Crippen LogP contribution is -2.47. The minimum Gasteiger partial charge on any atom is -0.415 e. The van der Waals surface area contributed by atoms with Crippen LogP contribution in [-0.2, 0) is 17.5 Å². The van der Waals surface area contributed by atoms with Gasteiger partial charge in [0.1, 0.15) is 0 Å². The number of benzene rings is 2. The molecule has 0 aliphatic rings. The Bertz CT molecular complexity index is 626. The van der Waals surface area contributed by atoms with Crippen molar-refractivity contribution in [1.29, 1.82) is 0 Å². The van der Waals surface area contributed by atoms with Crippen LogP contribution >= 0.6 is 0 Å². The highest BCUT2D eigenvalue weighted by molar-refractivity contribution is 6.74. The molecule has 1 N–H and O–H groups in total. The first-order valence-corrected chi connectivity index (χ1v) is 12.7. The van der Waals surface area contributed by atoms with E-state index in [1.165, 1.54) is 11.1 Å². The molecule has 0 aliphatic heterocycles. The Labute approximate surface area is 166 Å². The maximum Gasteiger partial charge on any atom is 0.192 e. The van der Waals surface area contributed by atoms with E-state index < -0.39 is 8.32 Å². The molecule has 1 atom stereocenters. The van der Waals surface area contributed by atoms with Crippen molar-refractivity contribution in [2.45, 2.75) is 58.0 Å². The molecule has 2 rings (SSSR count). The van der Waals surface area contributed by atoms with Crippen molar-refractivity contribution in [3.63, 3.8) is 0 Å². The molecule has 4 heteroatoms. The van der Waals surface area contributed by atoms with Gasteiger partial charge in [-0.25, -0.2) is 0 Å². The van der Waals surface area contributed by atoms with Gasteiger partial charge in [0, 0.05) is 13.1 Å². The summed E-state index contributed by atoms with van der Waals surface area (Å²) in [6.07, 6.45) is 0. The molecule has 0 spiro atoms. The molecule has 0 saturated carbocycles. The highest BCUT2D eigenvalue weighted by atomic mass is 28.4. The van der Waals surface area contributed by atoms with Crippen molar-refractivity contribution >= 4 is 8.32 Å². The summed E-state index contributed by atoms with van der Waals surface area (Å²) in [5.74, 6) is 0. The van der Waals surface area contributed by atoms with Crippen LogP contribution in [0.25, 0.3) is 0 Å². The van der Waals surface area contributed by atoms with Gasteiger partial charge in [-0.15, -0.1) is 0 Å². The third-order valence-corrected chi connectivity index (χ3v) is 10.1. The van der Waals surface area contributed by atoms with Crippen LogP contribution in [0.2, 0.25) is 18.1 Å². The minimum absolute atomic E-state index is 0.0282. The van der Waals surface area contributed by atoms with Gasteiger partial charge in [-0.1, -0.05) is 81.4 Å². The monoisotopic (exact) mass is 385 g/mol. The summed E-state index contributed by atoms with van der Waals surface area (Å²) in [4.78, 5) is 2.33. The molecule has 0 aromatic heterocycles. The van der Waals surface area contributed by atoms with Gasteiger partial charge in [-0.3, -0.25) is 4.90 Å². The maximum atomic E-state index is 10.1. The van der Waals surface area contributed by atoms with Crippen molar-refractivity contribution in [2.24, 2.45) is 0 Å². The molecular weight excluding hydrogens is 350 g/mol. The van der Waals surface area contributed by atoms with Gasteiger partial charge in [-0.2, -0.15) is 0 Å². The summed E-state index contributed by atoms with van der Waals surface area (Å²) in [6, 6.07) is 20.9. The molecule has 27 heavy (non-hydrogen) atoms. The molecule has 1 unspecified atom stereocenters. The van der Waals surface area contributed by atoms with Gasteiger partial charge in [0.25, 0.3) is 0 Å². The average Bonchev–Trinajstić information content (AvgIpc) is 2.63. The van der Waals surface area contributed by atoms with Gasteiger partial charge in [-0.05, 0) is 29.3 Å². The number of aliphatic hydroxyl groups excluding tert-OH is 1. The molecular formula is C23H35NO2Si. The average molecular weight is 386 g/mol. The van der Waals surface area contributed by atoms with Crippen LogP contribution in [0, 0.1) is 0 Å². The second-order valence-corrected chi connectivity index (χ2v) is 13.6. The fraction of sp³-hybridized carbons (Fsp3) is 0.478. The van der Waals surface area contributed by atoms with E-state index in [1.807, 2.05) is 12.1 Å². The first-order chi connectivity index (χ1) is 12.7. The first kappa shape index (κ1) is 21.8. The molecule has 0 saturated heterocycles. The van der Waals surface area contributed by atoms with Gasteiger partial charge >= 0.3 is 0 Å². The molecule has 2 aromatic carbocycles. The van der Waals surface area contributed by atoms with E-state index >= 15 is 0 Å². The van der Waals surface area contributed by atoms with E-state index in [9.17, 15) is 5.11 Å². The van der Waals surface area contributed by atoms with E-state index in [-0.39, 0.29) is 17.7 Å². The Kier molecular flexibility index (Phi) is 7.80. The van der Waals surface area contributed by atoms with Crippen molar-refractivity contribution in [2.75, 3.05) is 13.2 Å². The number of aliphatic hydroxyl groups is 1. The summed E-state index contributed by atoms with van der Waals surface area (Å²) >= 11 is 0. The lowest BCUT2D eigenvalue weighted by atomic mass is 10.1. The summed E-state index contributed by atoms with van der Waals surface area (Å²) in [7, 11) is -1.85. The Morgan fingerprint density at radius 1 is 0.889 bits per heavy atom. The van der Waals surface area contributed by atoms with E-state index in [1.54, 1.807) is 0 Å². The normalized spacial score (nSPS) is 13.7. The van der Waals surface area contributed by atoms with Crippen LogP contribution in [0.15, 0.2) is 60.7 Å². The van der Waals surface area contributed by atoms with Gasteiger partial charge in [0.2, 0.25) is 0 Å². The van der Waals surface area contributed by atoms with Crippen molar-refractivity contribution < 1.29 is 9.53 Å². The van der Waals surface area contributed by atoms with E-state index in [4.69, 9.17) is 4.43 Å². The fourth-order valence-electron chi connectivity index (χ4n) is 2.74. The molecule has 0 aliphatic carbocycles. The molecule has 3 nitrogen and oxygen atoms in total. The van der Waals surface area contributed by atoms with Crippen LogP contribution in [-0.4, -0.2) is 37.6 Å². The second kappa shape index (κ2) is 9.65. The van der Waals surface area contributed by atoms with Crippen molar-refractivity contribution in [3.05, 3.63) is 71.8 Å². The predicted octanol–water partition coefficient (Wildman–Crippen LogP) is 5.07. The van der Waals surface area contributed by atoms with Gasteiger partial charge < -0.3 is 9.53 Å². The second-order valence-electron chi connectivity index (χ2n) is 8.78. The lowest BCUT2D eigenvalue weighted by Gasteiger charge is -2.39. The van der Waals surface area contributed by atoms with E-state index in [0.717, 1.165) is 13.1 Å². The SMILES string of the molecule is CC(C)(C)[Si](C)(C)OCC(CO)N(Cc1ccccc1)Cc1ccccc1. The van der Waals surface area contributed by atoms with Crippen LogP contribution < -0.4 is 0 Å². The van der Waals surface area contributed by atoms with Gasteiger partial charge in [0.15, 0.2) is 8.32 Å². The standard InChI is InChI=1S/C23H35NO2Si/c1-23(2,3)27(4,5)26-19-22(18-25)24(16-20-12-8-6-9-13-20)17-21-14-10-7-11-15-21/h6-15,22,25H,16-19H2,1-5H3. The Hall–Kier alpha value is -1.46. The smallest absolute Gasteiger partial charge is 0.192 e. The van der Waals surface area contributed by atoms with Crippen LogP contribution in [0.4, 0.5) is 0 Å². The summed E-state index contributed by atoms with van der Waals surface area (Å²) in [5.41, 5.74) is 2.50. The van der Waals surface area contributed by atoms with E-state index in [0.29, 0.717) is 6.61 Å². The number of hydrogen-bond donors (Lipinski definition) is 1. The largest absolute Gasteiger partial charge is 0.415 e. The van der Waals surface area contributed by atoms with E-state index in [2.05, 4.69) is 87.3 Å². The number of hydrogen-bond acceptors (Lipinski definition) is 3. The molecule has 0 bridgehead atoms. The lowest BCUT2D eigenvalue weighted by molar-refractivity contribution is 0.0667. The van der Waals surface area contributed by atoms with Crippen LogP contribution in [0.1, 0.15) is 31.9 Å². The van der Waals surface area contributed by atoms with Crippen molar-refractivity contribution in [1.82, 2.24) is 4.90 Å². The first-order valence-electron chi connectivity index (χ1n) is 9.79. The third kappa shape index (κ3) is 6.57. The quantitative estimate of drug-likeness (QED) is 0.612. The Balaban J connectivity index is 2.16. The Morgan fingerprint density at radius 2 is 1.33 bits per heavy atom. The molecule has 0 amide bonds. The van der Waals surface area contributed by atoms with Crippen LogP contribution in [0.3, 0.4) is 0 Å². The van der Waals surface area contributed by atoms with Gasteiger partial charge in [0.05, 0.1) is 19.3 Å². The number of nitrogens with zero attached hydrogens (tertiary/aromatic N) is 1. The zero-order valence-corrected chi connectivity index (χ0v) is 18.5. The summed E-state index contributed by atoms with van der Waals surface area (Å²) in [5, 5.41) is 10.3. The zero-order chi connectivity index (χ0) is 19.9. The molecule has 148 valence electrons. The summed E-state index contributed by atoms with van der Waals surface area (Å²) < 4.78 is 6.44. The molecule has 0 fully saturated rings. The van der Waals surface area contributed by atoms with Crippen molar-refractivity contribution in [3.8, 4) is 0 Å². The molecule has 2 aromatic rings. The zero-order valence-electron chi connectivity index (χ0n) is 17.5. The Morgan fingerprint density at radius 3 is 1.70 bits per heavy atom. The molecule has 0 radical (unpaired) electrons. The molecule has 0 heterocycles. The predicted molar refractivity (Wildman–Crippen MR) is 116 cm³/mol. The highest BCUT2D eigenvalue weighted by Gasteiger charge is 2.38. The summed E-state index contributed by atoms with van der Waals surface area (Å²) in [6.45, 7) is 13.5. The fourth-order valence-corrected chi connectivity index (χ4v) is 3.79. The van der Waals surface area contributed by atoms with Crippen LogP contribution in [0.5, 0.6) is 0 Å². The minimum atomic E-state index is -1.85. The third-order valence-electron chi connectivity index (χ3n) is 5.63.